The van der Waals surface area contributed by atoms with Gasteiger partial charge in [-0.1, -0.05) is 0 Å². The van der Waals surface area contributed by atoms with Crippen molar-refractivity contribution in [3.8, 4) is 0 Å². The van der Waals surface area contributed by atoms with Crippen LogP contribution in [0.2, 0.25) is 0 Å². The summed E-state index contributed by atoms with van der Waals surface area (Å²) in [6.45, 7) is 0.0849. The summed E-state index contributed by atoms with van der Waals surface area (Å²) in [7, 11) is 1.26. The number of hydrogen-bond donors (Lipinski definition) is 2. The molecule has 0 radical (unpaired) electrons. The van der Waals surface area contributed by atoms with Gasteiger partial charge in [0.15, 0.2) is 0 Å². The van der Waals surface area contributed by atoms with Crippen LogP contribution in [0.3, 0.4) is 0 Å². The third-order valence-corrected chi connectivity index (χ3v) is 1.96. The molecule has 0 fully saturated rings. The molecule has 1 rings (SSSR count). The van der Waals surface area contributed by atoms with E-state index in [1.54, 1.807) is 6.07 Å². The van der Waals surface area contributed by atoms with E-state index in [9.17, 15) is 9.59 Å². The molecule has 102 valence electrons. The summed E-state index contributed by atoms with van der Waals surface area (Å²) in [6.07, 6.45) is 0. The summed E-state index contributed by atoms with van der Waals surface area (Å²) >= 11 is 0. The first kappa shape index (κ1) is 16.4. The molecule has 0 saturated carbocycles. The lowest BCUT2D eigenvalue weighted by atomic mass is 10.3. The molecule has 0 aliphatic heterocycles. The maximum absolute atomic E-state index is 11.1. The Morgan fingerprint density at radius 2 is 2.11 bits per heavy atom. The summed E-state index contributed by atoms with van der Waals surface area (Å²) in [5.41, 5.74) is 10.3. The number of nitrogens with two attached hydrogens (primary N) is 2. The summed E-state index contributed by atoms with van der Waals surface area (Å²) in [5, 5.41) is 0. The van der Waals surface area contributed by atoms with Crippen LogP contribution in [0.4, 0.5) is 0 Å². The Bertz CT molecular complexity index is 407. The van der Waals surface area contributed by atoms with Crippen molar-refractivity contribution in [3.63, 3.8) is 0 Å². The summed E-state index contributed by atoms with van der Waals surface area (Å²) in [6, 6.07) is 2.19. The maximum atomic E-state index is 11.1. The zero-order valence-electron chi connectivity index (χ0n) is 9.75. The van der Waals surface area contributed by atoms with Gasteiger partial charge in [-0.15, -0.1) is 12.4 Å². The van der Waals surface area contributed by atoms with Crippen molar-refractivity contribution in [3.05, 3.63) is 23.7 Å². The Labute approximate surface area is 110 Å². The minimum atomic E-state index is -0.856. The van der Waals surface area contributed by atoms with Crippen molar-refractivity contribution in [2.75, 3.05) is 13.7 Å². The molecule has 1 amide bonds. The third-order valence-electron chi connectivity index (χ3n) is 1.96. The zero-order valence-corrected chi connectivity index (χ0v) is 10.6. The fraction of sp³-hybridized carbons (Fsp3) is 0.400. The van der Waals surface area contributed by atoms with E-state index in [1.165, 1.54) is 13.2 Å². The van der Waals surface area contributed by atoms with Crippen LogP contribution >= 0.6 is 12.4 Å². The van der Waals surface area contributed by atoms with Gasteiger partial charge in [0.05, 0.1) is 13.7 Å². The maximum Gasteiger partial charge on any atom is 0.373 e. The van der Waals surface area contributed by atoms with Crippen LogP contribution in [-0.2, 0) is 20.9 Å². The number of ether oxygens (including phenoxy) is 2. The normalized spacial score (nSPS) is 11.4. The number of amides is 1. The van der Waals surface area contributed by atoms with Gasteiger partial charge in [0.25, 0.3) is 0 Å². The first-order valence-electron chi connectivity index (χ1n) is 4.84. The van der Waals surface area contributed by atoms with Crippen LogP contribution in [0.15, 0.2) is 16.5 Å². The first-order chi connectivity index (χ1) is 8.04. The largest absolute Gasteiger partial charge is 0.463 e. The van der Waals surface area contributed by atoms with Gasteiger partial charge < -0.3 is 25.4 Å². The quantitative estimate of drug-likeness (QED) is 0.697. The smallest absolute Gasteiger partial charge is 0.373 e. The molecule has 8 heteroatoms. The Hall–Kier alpha value is -1.57. The highest BCUT2D eigenvalue weighted by Crippen LogP contribution is 2.10. The van der Waals surface area contributed by atoms with Crippen LogP contribution in [0.1, 0.15) is 16.3 Å². The topological polar surface area (TPSA) is 118 Å². The monoisotopic (exact) mass is 278 g/mol. The number of carbonyl (C=O) groups is 2. The molecule has 1 aromatic heterocycles. The van der Waals surface area contributed by atoms with Gasteiger partial charge in [0.2, 0.25) is 11.7 Å². The van der Waals surface area contributed by atoms with Crippen LogP contribution in [0, 0.1) is 0 Å². The van der Waals surface area contributed by atoms with Crippen molar-refractivity contribution in [2.24, 2.45) is 11.5 Å². The molecule has 0 aliphatic rings. The molecule has 1 atom stereocenters. The second-order valence-corrected chi connectivity index (χ2v) is 3.28. The number of primary amides is 1. The van der Waals surface area contributed by atoms with Crippen molar-refractivity contribution in [1.29, 1.82) is 0 Å². The highest BCUT2D eigenvalue weighted by Gasteiger charge is 2.12. The number of furan rings is 1. The molecule has 0 unspecified atom stereocenters. The molecule has 1 heterocycles. The molecule has 0 aromatic carbocycles. The minimum Gasteiger partial charge on any atom is -0.463 e. The first-order valence-corrected chi connectivity index (χ1v) is 4.84. The minimum absolute atomic E-state index is 0. The van der Waals surface area contributed by atoms with Crippen molar-refractivity contribution in [1.82, 2.24) is 0 Å². The fourth-order valence-corrected chi connectivity index (χ4v) is 1.03. The second kappa shape index (κ2) is 7.70. The number of rotatable bonds is 6. The van der Waals surface area contributed by atoms with Gasteiger partial charge in [-0.2, -0.15) is 0 Å². The molecular formula is C10H15ClN2O5. The average molecular weight is 279 g/mol. The summed E-state index contributed by atoms with van der Waals surface area (Å²) < 4.78 is 14.7. The van der Waals surface area contributed by atoms with Crippen LogP contribution in [0.25, 0.3) is 0 Å². The van der Waals surface area contributed by atoms with Crippen LogP contribution in [-0.4, -0.2) is 31.6 Å². The van der Waals surface area contributed by atoms with Gasteiger partial charge in [-0.3, -0.25) is 4.79 Å². The van der Waals surface area contributed by atoms with E-state index in [1.807, 2.05) is 0 Å². The van der Waals surface area contributed by atoms with Crippen molar-refractivity contribution in [2.45, 2.75) is 12.6 Å². The van der Waals surface area contributed by atoms with Crippen LogP contribution < -0.4 is 11.5 Å². The molecule has 0 spiro atoms. The number of carbonyl (C=O) groups excluding carboxylic acids is 2. The standard InChI is InChI=1S/C10H14N2O5.ClH/c1-15-10(14)8-3-2-6(17-8)4-16-5-7(11)9(12)13;/h2-3,7H,4-5,11H2,1H3,(H2,12,13);1H/t7-;/m0./s1. The Morgan fingerprint density at radius 1 is 1.44 bits per heavy atom. The lowest BCUT2D eigenvalue weighted by molar-refractivity contribution is -0.120. The van der Waals surface area contributed by atoms with Gasteiger partial charge in [-0.05, 0) is 12.1 Å². The number of hydrogen-bond acceptors (Lipinski definition) is 6. The highest BCUT2D eigenvalue weighted by molar-refractivity contribution is 5.86. The molecular weight excluding hydrogens is 264 g/mol. The Morgan fingerprint density at radius 3 is 2.67 bits per heavy atom. The van der Waals surface area contributed by atoms with E-state index in [4.69, 9.17) is 20.6 Å². The van der Waals surface area contributed by atoms with E-state index >= 15 is 0 Å². The van der Waals surface area contributed by atoms with Gasteiger partial charge in [0, 0.05) is 0 Å². The molecule has 7 nitrogen and oxygen atoms in total. The molecule has 0 saturated heterocycles. The van der Waals surface area contributed by atoms with Crippen molar-refractivity contribution < 1.29 is 23.5 Å². The molecule has 4 N–H and O–H groups in total. The van der Waals surface area contributed by atoms with E-state index in [0.29, 0.717) is 5.76 Å². The molecule has 18 heavy (non-hydrogen) atoms. The second-order valence-electron chi connectivity index (χ2n) is 3.28. The SMILES string of the molecule is COC(=O)c1ccc(COC[C@H](N)C(N)=O)o1.Cl. The molecule has 1 aromatic rings. The predicted octanol–water partition coefficient (Wildman–Crippen LogP) is -0.183. The summed E-state index contributed by atoms with van der Waals surface area (Å²) in [5.74, 6) is -0.683. The zero-order chi connectivity index (χ0) is 12.8. The van der Waals surface area contributed by atoms with Gasteiger partial charge in [-0.25, -0.2) is 4.79 Å². The summed E-state index contributed by atoms with van der Waals surface area (Å²) in [4.78, 5) is 21.7. The van der Waals surface area contributed by atoms with E-state index in [0.717, 1.165) is 0 Å². The Kier molecular flexibility index (Phi) is 7.03. The molecule has 0 aliphatic carbocycles. The number of methoxy groups -OCH3 is 1. The number of halogens is 1. The van der Waals surface area contributed by atoms with E-state index < -0.39 is 17.9 Å². The highest BCUT2D eigenvalue weighted by atomic mass is 35.5. The van der Waals surface area contributed by atoms with E-state index in [2.05, 4.69) is 4.74 Å². The lowest BCUT2D eigenvalue weighted by Gasteiger charge is -2.06. The van der Waals surface area contributed by atoms with Gasteiger partial charge >= 0.3 is 5.97 Å². The average Bonchev–Trinajstić information content (AvgIpc) is 2.76. The Balaban J connectivity index is 0.00000289. The van der Waals surface area contributed by atoms with Crippen molar-refractivity contribution >= 4 is 24.3 Å². The molecule has 0 bridgehead atoms. The predicted molar refractivity (Wildman–Crippen MR) is 64.1 cm³/mol. The number of esters is 1. The van der Waals surface area contributed by atoms with Gasteiger partial charge in [0.1, 0.15) is 18.4 Å². The van der Waals surface area contributed by atoms with Crippen LogP contribution in [0.5, 0.6) is 0 Å². The fourth-order valence-electron chi connectivity index (χ4n) is 1.03. The third kappa shape index (κ3) is 4.74. The van der Waals surface area contributed by atoms with E-state index in [-0.39, 0.29) is 31.4 Å². The lowest BCUT2D eigenvalue weighted by Crippen LogP contribution is -2.40.